The molecule has 0 saturated heterocycles. The number of rotatable bonds is 13. The van der Waals surface area contributed by atoms with Gasteiger partial charge in [-0.2, -0.15) is 5.26 Å². The summed E-state index contributed by atoms with van der Waals surface area (Å²) in [6.45, 7) is 5.94. The Kier molecular flexibility index (Phi) is 13.8. The second kappa shape index (κ2) is 14.9. The molecule has 21 heavy (non-hydrogen) atoms. The number of carbonyl (C=O) groups excluding carboxylic acids is 1. The quantitative estimate of drug-likeness (QED) is 0.245. The third kappa shape index (κ3) is 11.9. The maximum Gasteiger partial charge on any atom is 0.350 e. The molecule has 0 heterocycles. The van der Waals surface area contributed by atoms with Crippen molar-refractivity contribution < 1.29 is 14.3 Å². The standard InChI is InChI=1S/C16H28N2O3/c1-3-5-6-7-8-9-10-18-14-15(13-17)16(19)21-12-11-20-4-2/h14,18H,3-12H2,1-2H3. The van der Waals surface area contributed by atoms with Crippen LogP contribution in [0.4, 0.5) is 0 Å². The maximum atomic E-state index is 11.6. The van der Waals surface area contributed by atoms with Gasteiger partial charge in [-0.05, 0) is 13.3 Å². The van der Waals surface area contributed by atoms with Crippen LogP contribution in [0.3, 0.4) is 0 Å². The molecule has 0 saturated carbocycles. The Morgan fingerprint density at radius 1 is 1.14 bits per heavy atom. The molecule has 0 spiro atoms. The van der Waals surface area contributed by atoms with Crippen LogP contribution in [0.5, 0.6) is 0 Å². The van der Waals surface area contributed by atoms with E-state index in [2.05, 4.69) is 12.2 Å². The number of nitrogens with one attached hydrogen (secondary N) is 1. The Morgan fingerprint density at radius 2 is 1.86 bits per heavy atom. The van der Waals surface area contributed by atoms with Gasteiger partial charge in [-0.3, -0.25) is 0 Å². The van der Waals surface area contributed by atoms with E-state index in [9.17, 15) is 4.79 Å². The number of nitrogens with zero attached hydrogens (tertiary/aromatic N) is 1. The van der Waals surface area contributed by atoms with E-state index in [1.54, 1.807) is 0 Å². The zero-order valence-corrected chi connectivity index (χ0v) is 13.3. The lowest BCUT2D eigenvalue weighted by Crippen LogP contribution is -2.15. The summed E-state index contributed by atoms with van der Waals surface area (Å²) in [5, 5.41) is 11.9. The molecule has 0 unspecified atom stereocenters. The number of unbranched alkanes of at least 4 members (excludes halogenated alkanes) is 5. The number of nitriles is 1. The molecule has 0 aliphatic carbocycles. The van der Waals surface area contributed by atoms with Gasteiger partial charge in [0.05, 0.1) is 6.61 Å². The fourth-order valence-corrected chi connectivity index (χ4v) is 1.73. The number of esters is 1. The van der Waals surface area contributed by atoms with E-state index in [0.717, 1.165) is 13.0 Å². The topological polar surface area (TPSA) is 71.4 Å². The summed E-state index contributed by atoms with van der Waals surface area (Å²) in [6, 6.07) is 1.84. The molecule has 0 aromatic carbocycles. The van der Waals surface area contributed by atoms with Crippen LogP contribution < -0.4 is 5.32 Å². The number of ether oxygens (including phenoxy) is 2. The summed E-state index contributed by atoms with van der Waals surface area (Å²) in [5.41, 5.74) is -0.00233. The molecule has 120 valence electrons. The average molecular weight is 296 g/mol. The van der Waals surface area contributed by atoms with Crippen LogP contribution in [-0.4, -0.2) is 32.3 Å². The van der Waals surface area contributed by atoms with E-state index >= 15 is 0 Å². The Labute approximate surface area is 128 Å². The number of hydrogen-bond acceptors (Lipinski definition) is 5. The highest BCUT2D eigenvalue weighted by atomic mass is 16.6. The van der Waals surface area contributed by atoms with Gasteiger partial charge in [-0.25, -0.2) is 4.79 Å². The van der Waals surface area contributed by atoms with Crippen LogP contribution in [0.1, 0.15) is 52.4 Å². The Balaban J connectivity index is 3.74. The number of carbonyl (C=O) groups is 1. The van der Waals surface area contributed by atoms with Crippen molar-refractivity contribution in [2.45, 2.75) is 52.4 Å². The average Bonchev–Trinajstić information content (AvgIpc) is 2.50. The van der Waals surface area contributed by atoms with Crippen LogP contribution in [0.15, 0.2) is 11.8 Å². The minimum Gasteiger partial charge on any atom is -0.459 e. The van der Waals surface area contributed by atoms with Crippen molar-refractivity contribution in [3.63, 3.8) is 0 Å². The molecule has 0 aromatic rings. The summed E-state index contributed by atoms with van der Waals surface area (Å²) >= 11 is 0. The van der Waals surface area contributed by atoms with Crippen LogP contribution in [-0.2, 0) is 14.3 Å². The van der Waals surface area contributed by atoms with Crippen LogP contribution in [0.2, 0.25) is 0 Å². The second-order valence-electron chi connectivity index (χ2n) is 4.72. The molecule has 1 N–H and O–H groups in total. The molecule has 0 amide bonds. The summed E-state index contributed by atoms with van der Waals surface area (Å²) in [4.78, 5) is 11.6. The Morgan fingerprint density at radius 3 is 2.52 bits per heavy atom. The lowest BCUT2D eigenvalue weighted by atomic mass is 10.1. The van der Waals surface area contributed by atoms with Gasteiger partial charge in [-0.1, -0.05) is 39.0 Å². The second-order valence-corrected chi connectivity index (χ2v) is 4.72. The van der Waals surface area contributed by atoms with Crippen molar-refractivity contribution in [1.82, 2.24) is 5.32 Å². The third-order valence-corrected chi connectivity index (χ3v) is 2.93. The summed E-state index contributed by atoms with van der Waals surface area (Å²) in [7, 11) is 0. The van der Waals surface area contributed by atoms with Crippen molar-refractivity contribution in [3.8, 4) is 6.07 Å². The normalized spacial score (nSPS) is 11.0. The Hall–Kier alpha value is -1.54. The minimum atomic E-state index is -0.604. The van der Waals surface area contributed by atoms with Gasteiger partial charge < -0.3 is 14.8 Å². The van der Waals surface area contributed by atoms with E-state index in [1.165, 1.54) is 38.3 Å². The Bertz CT molecular complexity index is 335. The minimum absolute atomic E-state index is 0.00233. The van der Waals surface area contributed by atoms with Crippen molar-refractivity contribution in [3.05, 3.63) is 11.8 Å². The highest BCUT2D eigenvalue weighted by Crippen LogP contribution is 2.04. The predicted molar refractivity (Wildman–Crippen MR) is 82.5 cm³/mol. The summed E-state index contributed by atoms with van der Waals surface area (Å²) < 4.78 is 9.98. The van der Waals surface area contributed by atoms with Crippen molar-refractivity contribution in [2.24, 2.45) is 0 Å². The van der Waals surface area contributed by atoms with Crippen LogP contribution in [0.25, 0.3) is 0 Å². The van der Waals surface area contributed by atoms with E-state index in [0.29, 0.717) is 13.2 Å². The van der Waals surface area contributed by atoms with E-state index in [-0.39, 0.29) is 12.2 Å². The van der Waals surface area contributed by atoms with Crippen molar-refractivity contribution in [1.29, 1.82) is 5.26 Å². The van der Waals surface area contributed by atoms with E-state index in [1.807, 2.05) is 13.0 Å². The molecule has 0 rings (SSSR count). The first-order valence-electron chi connectivity index (χ1n) is 7.84. The molecular formula is C16H28N2O3. The molecule has 0 atom stereocenters. The molecule has 0 aliphatic rings. The first-order valence-corrected chi connectivity index (χ1v) is 7.84. The molecule has 0 aromatic heterocycles. The molecule has 0 bridgehead atoms. The largest absolute Gasteiger partial charge is 0.459 e. The molecular weight excluding hydrogens is 268 g/mol. The molecule has 0 radical (unpaired) electrons. The van der Waals surface area contributed by atoms with E-state index in [4.69, 9.17) is 14.7 Å². The van der Waals surface area contributed by atoms with E-state index < -0.39 is 5.97 Å². The van der Waals surface area contributed by atoms with Gasteiger partial charge in [-0.15, -0.1) is 0 Å². The molecule has 5 heteroatoms. The smallest absolute Gasteiger partial charge is 0.350 e. The van der Waals surface area contributed by atoms with Crippen molar-refractivity contribution >= 4 is 5.97 Å². The molecule has 0 fully saturated rings. The molecule has 0 aliphatic heterocycles. The number of hydrogen-bond donors (Lipinski definition) is 1. The van der Waals surface area contributed by atoms with Gasteiger partial charge in [0, 0.05) is 19.4 Å². The van der Waals surface area contributed by atoms with Gasteiger partial charge in [0.25, 0.3) is 0 Å². The van der Waals surface area contributed by atoms with Gasteiger partial charge in [0.15, 0.2) is 5.57 Å². The monoisotopic (exact) mass is 296 g/mol. The van der Waals surface area contributed by atoms with Crippen LogP contribution >= 0.6 is 0 Å². The first kappa shape index (κ1) is 19.5. The lowest BCUT2D eigenvalue weighted by Gasteiger charge is -2.05. The highest BCUT2D eigenvalue weighted by Gasteiger charge is 2.09. The zero-order chi connectivity index (χ0) is 15.8. The fraction of sp³-hybridized carbons (Fsp3) is 0.750. The van der Waals surface area contributed by atoms with Gasteiger partial charge in [0.2, 0.25) is 0 Å². The predicted octanol–water partition coefficient (Wildman–Crippen LogP) is 2.92. The zero-order valence-electron chi connectivity index (χ0n) is 13.3. The third-order valence-electron chi connectivity index (χ3n) is 2.93. The first-order chi connectivity index (χ1) is 10.3. The van der Waals surface area contributed by atoms with Gasteiger partial charge >= 0.3 is 5.97 Å². The van der Waals surface area contributed by atoms with Gasteiger partial charge in [0.1, 0.15) is 12.7 Å². The van der Waals surface area contributed by atoms with Crippen LogP contribution in [0, 0.1) is 11.3 Å². The maximum absolute atomic E-state index is 11.6. The summed E-state index contributed by atoms with van der Waals surface area (Å²) in [5.74, 6) is -0.604. The SMILES string of the molecule is CCCCCCCCNC=C(C#N)C(=O)OCCOCC. The molecule has 5 nitrogen and oxygen atoms in total. The summed E-state index contributed by atoms with van der Waals surface area (Å²) in [6.07, 6.45) is 8.71. The highest BCUT2D eigenvalue weighted by molar-refractivity contribution is 5.92. The van der Waals surface area contributed by atoms with Crippen molar-refractivity contribution in [2.75, 3.05) is 26.4 Å². The fourth-order valence-electron chi connectivity index (χ4n) is 1.73. The lowest BCUT2D eigenvalue weighted by molar-refractivity contribution is -0.140.